The summed E-state index contributed by atoms with van der Waals surface area (Å²) in [5, 5.41) is 7.64. The van der Waals surface area contributed by atoms with Crippen molar-refractivity contribution < 1.29 is 0 Å². The van der Waals surface area contributed by atoms with Gasteiger partial charge in [0.15, 0.2) is 5.82 Å². The average Bonchev–Trinajstić information content (AvgIpc) is 3.07. The molecule has 0 fully saturated rings. The first-order chi connectivity index (χ1) is 9.33. The number of rotatable bonds is 4. The number of aromatic nitrogens is 4. The van der Waals surface area contributed by atoms with Crippen LogP contribution in [0.5, 0.6) is 0 Å². The van der Waals surface area contributed by atoms with Gasteiger partial charge < -0.3 is 5.32 Å². The SMILES string of the molecule is CCNc1nc(-c2ccnn2CC)nc2c1CSC2. The second-order valence-corrected chi connectivity index (χ2v) is 5.36. The van der Waals surface area contributed by atoms with Crippen molar-refractivity contribution in [3.8, 4) is 11.5 Å². The Hall–Kier alpha value is -1.56. The second-order valence-electron chi connectivity index (χ2n) is 4.38. The molecule has 19 heavy (non-hydrogen) atoms. The number of nitrogens with zero attached hydrogens (tertiary/aromatic N) is 4. The number of aryl methyl sites for hydroxylation is 1. The number of nitrogens with one attached hydrogen (secondary N) is 1. The van der Waals surface area contributed by atoms with Crippen LogP contribution in [0.1, 0.15) is 25.1 Å². The molecule has 3 heterocycles. The van der Waals surface area contributed by atoms with Gasteiger partial charge in [0.2, 0.25) is 0 Å². The molecule has 0 bridgehead atoms. The Labute approximate surface area is 116 Å². The predicted octanol–water partition coefficient (Wildman–Crippen LogP) is 2.54. The van der Waals surface area contributed by atoms with Crippen LogP contribution in [0.4, 0.5) is 5.82 Å². The van der Waals surface area contributed by atoms with Crippen molar-refractivity contribution in [2.45, 2.75) is 31.9 Å². The van der Waals surface area contributed by atoms with Crippen molar-refractivity contribution in [3.63, 3.8) is 0 Å². The molecule has 2 aromatic rings. The van der Waals surface area contributed by atoms with Crippen molar-refractivity contribution in [1.82, 2.24) is 19.7 Å². The van der Waals surface area contributed by atoms with E-state index in [4.69, 9.17) is 4.98 Å². The molecule has 1 N–H and O–H groups in total. The Bertz CT molecular complexity index is 593. The fraction of sp³-hybridized carbons (Fsp3) is 0.462. The Morgan fingerprint density at radius 2 is 2.21 bits per heavy atom. The van der Waals surface area contributed by atoms with E-state index < -0.39 is 0 Å². The molecule has 0 spiro atoms. The lowest BCUT2D eigenvalue weighted by atomic mass is 10.2. The molecule has 6 heteroatoms. The van der Waals surface area contributed by atoms with Crippen molar-refractivity contribution in [2.75, 3.05) is 11.9 Å². The minimum Gasteiger partial charge on any atom is -0.370 e. The maximum absolute atomic E-state index is 4.71. The monoisotopic (exact) mass is 275 g/mol. The van der Waals surface area contributed by atoms with Gasteiger partial charge >= 0.3 is 0 Å². The van der Waals surface area contributed by atoms with Crippen LogP contribution in [0.15, 0.2) is 12.3 Å². The fourth-order valence-corrected chi connectivity index (χ4v) is 3.30. The maximum Gasteiger partial charge on any atom is 0.180 e. The number of hydrogen-bond acceptors (Lipinski definition) is 5. The molecule has 1 aliphatic rings. The summed E-state index contributed by atoms with van der Waals surface area (Å²) in [6.07, 6.45) is 1.80. The molecule has 1 aliphatic heterocycles. The highest BCUT2D eigenvalue weighted by Crippen LogP contribution is 2.34. The van der Waals surface area contributed by atoms with Gasteiger partial charge in [-0.3, -0.25) is 4.68 Å². The molecule has 0 atom stereocenters. The number of thioether (sulfide) groups is 1. The molecule has 0 amide bonds. The summed E-state index contributed by atoms with van der Waals surface area (Å²) >= 11 is 1.89. The van der Waals surface area contributed by atoms with Gasteiger partial charge in [0, 0.05) is 36.4 Å². The van der Waals surface area contributed by atoms with Crippen LogP contribution in [-0.2, 0) is 18.1 Å². The quantitative estimate of drug-likeness (QED) is 0.929. The molecule has 0 saturated carbocycles. The van der Waals surface area contributed by atoms with Gasteiger partial charge in [0.05, 0.1) is 5.69 Å². The fourth-order valence-electron chi connectivity index (χ4n) is 2.25. The highest BCUT2D eigenvalue weighted by molar-refractivity contribution is 7.98. The first kappa shape index (κ1) is 12.5. The normalized spacial score (nSPS) is 13.6. The topological polar surface area (TPSA) is 55.6 Å². The first-order valence-electron chi connectivity index (χ1n) is 6.57. The summed E-state index contributed by atoms with van der Waals surface area (Å²) < 4.78 is 1.93. The lowest BCUT2D eigenvalue weighted by Crippen LogP contribution is -2.08. The summed E-state index contributed by atoms with van der Waals surface area (Å²) in [7, 11) is 0. The second kappa shape index (κ2) is 5.21. The Morgan fingerprint density at radius 3 is 3.00 bits per heavy atom. The zero-order valence-corrected chi connectivity index (χ0v) is 12.0. The molecule has 3 rings (SSSR count). The molecule has 0 aromatic carbocycles. The summed E-state index contributed by atoms with van der Waals surface area (Å²) in [4.78, 5) is 9.40. The van der Waals surface area contributed by atoms with Gasteiger partial charge in [0.1, 0.15) is 11.5 Å². The van der Waals surface area contributed by atoms with Crippen LogP contribution in [0.3, 0.4) is 0 Å². The third-order valence-electron chi connectivity index (χ3n) is 3.17. The highest BCUT2D eigenvalue weighted by atomic mass is 32.2. The largest absolute Gasteiger partial charge is 0.370 e. The van der Waals surface area contributed by atoms with E-state index in [2.05, 4.69) is 29.2 Å². The van der Waals surface area contributed by atoms with Gasteiger partial charge in [-0.1, -0.05) is 0 Å². The van der Waals surface area contributed by atoms with Crippen molar-refractivity contribution >= 4 is 17.6 Å². The van der Waals surface area contributed by atoms with Crippen molar-refractivity contribution in [1.29, 1.82) is 0 Å². The van der Waals surface area contributed by atoms with Crippen LogP contribution in [0.2, 0.25) is 0 Å². The zero-order valence-electron chi connectivity index (χ0n) is 11.2. The van der Waals surface area contributed by atoms with Crippen LogP contribution >= 0.6 is 11.8 Å². The van der Waals surface area contributed by atoms with Crippen molar-refractivity contribution in [2.24, 2.45) is 0 Å². The van der Waals surface area contributed by atoms with Gasteiger partial charge in [-0.05, 0) is 19.9 Å². The highest BCUT2D eigenvalue weighted by Gasteiger charge is 2.21. The van der Waals surface area contributed by atoms with E-state index in [1.165, 1.54) is 5.56 Å². The van der Waals surface area contributed by atoms with Crippen LogP contribution < -0.4 is 5.32 Å². The van der Waals surface area contributed by atoms with E-state index >= 15 is 0 Å². The van der Waals surface area contributed by atoms with E-state index in [0.717, 1.165) is 47.6 Å². The molecule has 100 valence electrons. The smallest absolute Gasteiger partial charge is 0.180 e. The maximum atomic E-state index is 4.71. The van der Waals surface area contributed by atoms with Crippen LogP contribution in [0, 0.1) is 0 Å². The summed E-state index contributed by atoms with van der Waals surface area (Å²) in [6, 6.07) is 1.98. The molecule has 5 nitrogen and oxygen atoms in total. The third-order valence-corrected chi connectivity index (χ3v) is 4.14. The van der Waals surface area contributed by atoms with E-state index in [0.29, 0.717) is 0 Å². The third kappa shape index (κ3) is 2.20. The van der Waals surface area contributed by atoms with Gasteiger partial charge in [-0.15, -0.1) is 0 Å². The van der Waals surface area contributed by atoms with E-state index in [-0.39, 0.29) is 0 Å². The van der Waals surface area contributed by atoms with Gasteiger partial charge in [-0.25, -0.2) is 9.97 Å². The molecule has 0 saturated heterocycles. The Morgan fingerprint density at radius 1 is 1.32 bits per heavy atom. The predicted molar refractivity (Wildman–Crippen MR) is 78.1 cm³/mol. The average molecular weight is 275 g/mol. The summed E-state index contributed by atoms with van der Waals surface area (Å²) in [6.45, 7) is 5.87. The molecule has 0 radical (unpaired) electrons. The molecular weight excluding hydrogens is 258 g/mol. The first-order valence-corrected chi connectivity index (χ1v) is 7.72. The lowest BCUT2D eigenvalue weighted by Gasteiger charge is -2.11. The molecule has 0 aliphatic carbocycles. The van der Waals surface area contributed by atoms with Crippen LogP contribution in [0.25, 0.3) is 11.5 Å². The Balaban J connectivity index is 2.10. The van der Waals surface area contributed by atoms with E-state index in [1.807, 2.05) is 22.5 Å². The molecular formula is C13H17N5S. The molecule has 0 unspecified atom stereocenters. The van der Waals surface area contributed by atoms with Crippen LogP contribution in [-0.4, -0.2) is 26.3 Å². The van der Waals surface area contributed by atoms with Gasteiger partial charge in [-0.2, -0.15) is 16.9 Å². The summed E-state index contributed by atoms with van der Waals surface area (Å²) in [5.74, 6) is 3.74. The van der Waals surface area contributed by atoms with E-state index in [9.17, 15) is 0 Å². The zero-order chi connectivity index (χ0) is 13.2. The number of fused-ring (bicyclic) bond motifs is 1. The minimum absolute atomic E-state index is 0.775. The minimum atomic E-state index is 0.775. The standard InChI is InChI=1S/C13H17N5S/c1-3-14-12-9-7-19-8-10(9)16-13(17-12)11-5-6-15-18(11)4-2/h5-6H,3-4,7-8H2,1-2H3,(H,14,16,17). The molecule has 2 aromatic heterocycles. The number of hydrogen-bond donors (Lipinski definition) is 1. The Kier molecular flexibility index (Phi) is 3.42. The summed E-state index contributed by atoms with van der Waals surface area (Å²) in [5.41, 5.74) is 3.41. The lowest BCUT2D eigenvalue weighted by molar-refractivity contribution is 0.663. The van der Waals surface area contributed by atoms with Gasteiger partial charge in [0.25, 0.3) is 0 Å². The van der Waals surface area contributed by atoms with Crippen molar-refractivity contribution in [3.05, 3.63) is 23.5 Å². The van der Waals surface area contributed by atoms with E-state index in [1.54, 1.807) is 6.20 Å². The number of anilines is 1.